The molecule has 0 aliphatic carbocycles. The number of aliphatic hydroxyl groups is 1. The predicted octanol–water partition coefficient (Wildman–Crippen LogP) is 2.16. The predicted molar refractivity (Wildman–Crippen MR) is 78.5 cm³/mol. The van der Waals surface area contributed by atoms with Crippen LogP contribution in [0, 0.1) is 0 Å². The molecule has 0 aromatic heterocycles. The summed E-state index contributed by atoms with van der Waals surface area (Å²) < 4.78 is 0.755. The van der Waals surface area contributed by atoms with Gasteiger partial charge in [-0.15, -0.1) is 0 Å². The van der Waals surface area contributed by atoms with E-state index in [9.17, 15) is 14.7 Å². The number of carbonyl (C=O) groups is 2. The van der Waals surface area contributed by atoms with Crippen LogP contribution in [0.15, 0.2) is 22.7 Å². The van der Waals surface area contributed by atoms with Crippen molar-refractivity contribution in [3.8, 4) is 0 Å². The average Bonchev–Trinajstić information content (AvgIpc) is 2.54. The third kappa shape index (κ3) is 2.85. The Morgan fingerprint density at radius 3 is 2.58 bits per heavy atom. The summed E-state index contributed by atoms with van der Waals surface area (Å²) >= 11 is 4.76. The highest BCUT2D eigenvalue weighted by molar-refractivity contribution is 9.10. The van der Waals surface area contributed by atoms with Crippen molar-refractivity contribution in [1.82, 2.24) is 4.90 Å². The molecule has 1 heterocycles. The second kappa shape index (κ2) is 5.26. The lowest BCUT2D eigenvalue weighted by molar-refractivity contribution is 0.0320. The molecule has 102 valence electrons. The van der Waals surface area contributed by atoms with Gasteiger partial charge in [-0.2, -0.15) is 11.8 Å². The maximum Gasteiger partial charge on any atom is 0.261 e. The molecule has 0 fully saturated rings. The van der Waals surface area contributed by atoms with E-state index in [0.29, 0.717) is 16.9 Å². The molecule has 1 aliphatic heterocycles. The van der Waals surface area contributed by atoms with Crippen molar-refractivity contribution in [2.24, 2.45) is 0 Å². The van der Waals surface area contributed by atoms with Crippen LogP contribution in [0.25, 0.3) is 0 Å². The molecular weight excluding hydrogens is 330 g/mol. The highest BCUT2D eigenvalue weighted by Gasteiger charge is 2.39. The average molecular weight is 344 g/mol. The standard InChI is InChI=1S/C13H14BrNO3S/c1-13(18,7-19-2)6-15-11(16)9-4-3-8(14)5-10(9)12(15)17/h3-5,18H,6-7H2,1-2H3. The summed E-state index contributed by atoms with van der Waals surface area (Å²) in [5.41, 5.74) is -0.295. The Morgan fingerprint density at radius 2 is 1.95 bits per heavy atom. The lowest BCUT2D eigenvalue weighted by atomic mass is 10.1. The molecular formula is C13H14BrNO3S. The van der Waals surface area contributed by atoms with Gasteiger partial charge >= 0.3 is 0 Å². The van der Waals surface area contributed by atoms with Gasteiger partial charge in [-0.3, -0.25) is 14.5 Å². The Labute approximate surface area is 124 Å². The van der Waals surface area contributed by atoms with Gasteiger partial charge in [0.2, 0.25) is 0 Å². The molecule has 19 heavy (non-hydrogen) atoms. The largest absolute Gasteiger partial charge is 0.387 e. The molecule has 1 unspecified atom stereocenters. The zero-order valence-electron chi connectivity index (χ0n) is 10.6. The van der Waals surface area contributed by atoms with Gasteiger partial charge in [0.25, 0.3) is 11.8 Å². The fourth-order valence-corrected chi connectivity index (χ4v) is 3.18. The molecule has 0 spiro atoms. The molecule has 6 heteroatoms. The summed E-state index contributed by atoms with van der Waals surface area (Å²) in [7, 11) is 0. The van der Waals surface area contributed by atoms with Gasteiger partial charge in [0.1, 0.15) is 0 Å². The van der Waals surface area contributed by atoms with Crippen molar-refractivity contribution >= 4 is 39.5 Å². The van der Waals surface area contributed by atoms with Crippen LogP contribution in [-0.4, -0.2) is 46.0 Å². The molecule has 0 saturated carbocycles. The normalized spacial score (nSPS) is 17.6. The van der Waals surface area contributed by atoms with Gasteiger partial charge in [0, 0.05) is 10.2 Å². The van der Waals surface area contributed by atoms with Crippen molar-refractivity contribution in [3.05, 3.63) is 33.8 Å². The molecule has 4 nitrogen and oxygen atoms in total. The Kier molecular flexibility index (Phi) is 4.03. The highest BCUT2D eigenvalue weighted by atomic mass is 79.9. The summed E-state index contributed by atoms with van der Waals surface area (Å²) in [5, 5.41) is 10.2. The number of fused-ring (bicyclic) bond motifs is 1. The highest BCUT2D eigenvalue weighted by Crippen LogP contribution is 2.27. The van der Waals surface area contributed by atoms with Crippen molar-refractivity contribution in [2.45, 2.75) is 12.5 Å². The maximum absolute atomic E-state index is 12.2. The Balaban J connectivity index is 2.28. The van der Waals surface area contributed by atoms with E-state index in [1.54, 1.807) is 25.1 Å². The maximum atomic E-state index is 12.2. The van der Waals surface area contributed by atoms with E-state index in [1.165, 1.54) is 11.8 Å². The van der Waals surface area contributed by atoms with Crippen LogP contribution in [0.1, 0.15) is 27.6 Å². The number of thioether (sulfide) groups is 1. The van der Waals surface area contributed by atoms with Crippen LogP contribution >= 0.6 is 27.7 Å². The lowest BCUT2D eigenvalue weighted by Crippen LogP contribution is -2.45. The van der Waals surface area contributed by atoms with Crippen LogP contribution in [0.4, 0.5) is 0 Å². The van der Waals surface area contributed by atoms with Crippen molar-refractivity contribution < 1.29 is 14.7 Å². The molecule has 0 bridgehead atoms. The minimum atomic E-state index is -1.08. The summed E-state index contributed by atoms with van der Waals surface area (Å²) in [6.45, 7) is 1.64. The summed E-state index contributed by atoms with van der Waals surface area (Å²) in [5.74, 6) is -0.221. The minimum Gasteiger partial charge on any atom is -0.387 e. The van der Waals surface area contributed by atoms with Crippen LogP contribution < -0.4 is 0 Å². The van der Waals surface area contributed by atoms with E-state index in [4.69, 9.17) is 0 Å². The number of imide groups is 1. The van der Waals surface area contributed by atoms with E-state index >= 15 is 0 Å². The fraction of sp³-hybridized carbons (Fsp3) is 0.385. The zero-order valence-corrected chi connectivity index (χ0v) is 13.0. The van der Waals surface area contributed by atoms with Gasteiger partial charge < -0.3 is 5.11 Å². The Bertz CT molecular complexity index is 545. The minimum absolute atomic E-state index is 0.0117. The van der Waals surface area contributed by atoms with E-state index in [-0.39, 0.29) is 18.4 Å². The molecule has 1 aliphatic rings. The van der Waals surface area contributed by atoms with Gasteiger partial charge in [0.05, 0.1) is 23.3 Å². The van der Waals surface area contributed by atoms with Gasteiger partial charge in [-0.1, -0.05) is 15.9 Å². The summed E-state index contributed by atoms with van der Waals surface area (Å²) in [4.78, 5) is 25.5. The second-order valence-corrected chi connectivity index (χ2v) is 6.60. The lowest BCUT2D eigenvalue weighted by Gasteiger charge is -2.27. The van der Waals surface area contributed by atoms with Crippen molar-refractivity contribution in [1.29, 1.82) is 0 Å². The summed E-state index contributed by atoms with van der Waals surface area (Å²) in [6, 6.07) is 5.00. The first-order valence-corrected chi connectivity index (χ1v) is 7.91. The molecule has 0 radical (unpaired) electrons. The number of β-amino-alcohol motifs (C(OH)–C–C–N with tert-alkyl or cyclic N) is 1. The van der Waals surface area contributed by atoms with E-state index in [2.05, 4.69) is 15.9 Å². The number of rotatable bonds is 4. The second-order valence-electron chi connectivity index (χ2n) is 4.82. The number of carbonyl (C=O) groups excluding carboxylic acids is 2. The van der Waals surface area contributed by atoms with Crippen LogP contribution in [0.2, 0.25) is 0 Å². The van der Waals surface area contributed by atoms with Crippen molar-refractivity contribution in [3.63, 3.8) is 0 Å². The topological polar surface area (TPSA) is 57.6 Å². The number of amides is 2. The van der Waals surface area contributed by atoms with Gasteiger partial charge in [-0.05, 0) is 31.4 Å². The fourth-order valence-electron chi connectivity index (χ4n) is 2.10. The van der Waals surface area contributed by atoms with E-state index in [1.807, 2.05) is 6.26 Å². The van der Waals surface area contributed by atoms with Gasteiger partial charge in [0.15, 0.2) is 0 Å². The molecule has 1 atom stereocenters. The Morgan fingerprint density at radius 1 is 1.32 bits per heavy atom. The molecule has 2 amide bonds. The molecule has 0 saturated heterocycles. The van der Waals surface area contributed by atoms with Crippen LogP contribution in [-0.2, 0) is 0 Å². The number of hydrogen-bond acceptors (Lipinski definition) is 4. The molecule has 2 rings (SSSR count). The quantitative estimate of drug-likeness (QED) is 0.851. The molecule has 1 aromatic rings. The number of hydrogen-bond donors (Lipinski definition) is 1. The molecule has 1 aromatic carbocycles. The number of halogens is 1. The first-order valence-electron chi connectivity index (χ1n) is 5.73. The number of nitrogens with zero attached hydrogens (tertiary/aromatic N) is 1. The number of benzene rings is 1. The smallest absolute Gasteiger partial charge is 0.261 e. The third-order valence-corrected chi connectivity index (χ3v) is 4.29. The Hall–Kier alpha value is -0.850. The monoisotopic (exact) mass is 343 g/mol. The first-order chi connectivity index (χ1) is 8.85. The SMILES string of the molecule is CSCC(C)(O)CN1C(=O)c2ccc(Br)cc2C1=O. The van der Waals surface area contributed by atoms with Gasteiger partial charge in [-0.25, -0.2) is 0 Å². The molecule has 1 N–H and O–H groups in total. The van der Waals surface area contributed by atoms with Crippen LogP contribution in [0.5, 0.6) is 0 Å². The summed E-state index contributed by atoms with van der Waals surface area (Å²) in [6.07, 6.45) is 1.87. The van der Waals surface area contributed by atoms with E-state index in [0.717, 1.165) is 9.37 Å². The zero-order chi connectivity index (χ0) is 14.2. The van der Waals surface area contributed by atoms with Crippen molar-refractivity contribution in [2.75, 3.05) is 18.6 Å². The van der Waals surface area contributed by atoms with E-state index < -0.39 is 5.60 Å². The first kappa shape index (κ1) is 14.6. The van der Waals surface area contributed by atoms with Crippen LogP contribution in [0.3, 0.4) is 0 Å². The third-order valence-electron chi connectivity index (χ3n) is 2.89.